The number of hydrogen-bond acceptors (Lipinski definition) is 1. The van der Waals surface area contributed by atoms with Gasteiger partial charge in [-0.25, -0.2) is 8.78 Å². The van der Waals surface area contributed by atoms with Gasteiger partial charge in [0.25, 0.3) is 5.91 Å². The molecule has 2 aromatic carbocycles. The van der Waals surface area contributed by atoms with Crippen molar-refractivity contribution in [3.05, 3.63) is 71.3 Å². The van der Waals surface area contributed by atoms with Gasteiger partial charge in [0.05, 0.1) is 0 Å². The average Bonchev–Trinajstić information content (AvgIpc) is 2.50. The largest absolute Gasteiger partial charge is 0.333 e. The second-order valence-corrected chi connectivity index (χ2v) is 4.91. The minimum atomic E-state index is -1.04. The van der Waals surface area contributed by atoms with Crippen LogP contribution in [0.15, 0.2) is 48.5 Å². The Labute approximate surface area is 127 Å². The number of benzene rings is 2. The van der Waals surface area contributed by atoms with E-state index in [0.29, 0.717) is 13.1 Å². The van der Waals surface area contributed by atoms with Crippen LogP contribution in [-0.4, -0.2) is 23.2 Å². The summed E-state index contributed by atoms with van der Waals surface area (Å²) in [5.41, 5.74) is 1.05. The topological polar surface area (TPSA) is 20.3 Å². The first-order valence-corrected chi connectivity index (χ1v) is 6.99. The van der Waals surface area contributed by atoms with Crippen LogP contribution in [-0.2, 0) is 6.54 Å². The van der Waals surface area contributed by atoms with Crippen molar-refractivity contribution in [2.24, 2.45) is 0 Å². The van der Waals surface area contributed by atoms with E-state index in [1.54, 1.807) is 0 Å². The zero-order valence-electron chi connectivity index (χ0n) is 11.2. The Balaban J connectivity index is 2.20. The number of amides is 1. The van der Waals surface area contributed by atoms with Crippen LogP contribution in [0.4, 0.5) is 8.78 Å². The Hall–Kier alpha value is -1.94. The maximum Gasteiger partial charge on any atom is 0.254 e. The van der Waals surface area contributed by atoms with E-state index in [2.05, 4.69) is 0 Å². The molecule has 0 aliphatic heterocycles. The van der Waals surface area contributed by atoms with Crippen LogP contribution >= 0.6 is 11.6 Å². The van der Waals surface area contributed by atoms with Crippen molar-refractivity contribution in [2.45, 2.75) is 6.54 Å². The predicted octanol–water partition coefficient (Wildman–Crippen LogP) is 3.85. The van der Waals surface area contributed by atoms with Gasteiger partial charge >= 0.3 is 0 Å². The third-order valence-electron chi connectivity index (χ3n) is 3.02. The lowest BCUT2D eigenvalue weighted by Crippen LogP contribution is -2.32. The van der Waals surface area contributed by atoms with E-state index in [9.17, 15) is 13.6 Å². The van der Waals surface area contributed by atoms with Crippen LogP contribution in [0.25, 0.3) is 0 Å². The zero-order chi connectivity index (χ0) is 15.2. The SMILES string of the molecule is O=C(c1ccc(F)c(F)c1)N(CCCl)Cc1ccccc1. The van der Waals surface area contributed by atoms with Crippen LogP contribution in [0, 0.1) is 11.6 Å². The molecule has 1 amide bonds. The lowest BCUT2D eigenvalue weighted by atomic mass is 10.1. The van der Waals surface area contributed by atoms with Gasteiger partial charge in [0, 0.05) is 24.5 Å². The third-order valence-corrected chi connectivity index (χ3v) is 3.19. The molecule has 2 rings (SSSR count). The number of carbonyl (C=O) groups is 1. The zero-order valence-corrected chi connectivity index (χ0v) is 12.0. The van der Waals surface area contributed by atoms with Crippen LogP contribution in [0.5, 0.6) is 0 Å². The number of rotatable bonds is 5. The molecule has 0 fully saturated rings. The highest BCUT2D eigenvalue weighted by Gasteiger charge is 2.17. The molecule has 21 heavy (non-hydrogen) atoms. The molecule has 2 aromatic rings. The molecule has 0 atom stereocenters. The fraction of sp³-hybridized carbons (Fsp3) is 0.188. The molecule has 2 nitrogen and oxygen atoms in total. The van der Waals surface area contributed by atoms with Crippen molar-refractivity contribution < 1.29 is 13.6 Å². The number of halogens is 3. The van der Waals surface area contributed by atoms with Gasteiger partial charge in [-0.1, -0.05) is 30.3 Å². The summed E-state index contributed by atoms with van der Waals surface area (Å²) >= 11 is 5.72. The predicted molar refractivity (Wildman–Crippen MR) is 78.3 cm³/mol. The van der Waals surface area contributed by atoms with Gasteiger partial charge in [0.1, 0.15) is 0 Å². The van der Waals surface area contributed by atoms with Crippen molar-refractivity contribution in [1.82, 2.24) is 4.90 Å². The van der Waals surface area contributed by atoms with Crippen molar-refractivity contribution in [2.75, 3.05) is 12.4 Å². The Kier molecular flexibility index (Phi) is 5.28. The highest BCUT2D eigenvalue weighted by Crippen LogP contribution is 2.13. The Morgan fingerprint density at radius 3 is 2.38 bits per heavy atom. The highest BCUT2D eigenvalue weighted by atomic mass is 35.5. The molecule has 0 bridgehead atoms. The smallest absolute Gasteiger partial charge is 0.254 e. The van der Waals surface area contributed by atoms with Gasteiger partial charge in [-0.05, 0) is 23.8 Å². The second-order valence-electron chi connectivity index (χ2n) is 4.53. The van der Waals surface area contributed by atoms with Gasteiger partial charge in [0.2, 0.25) is 0 Å². The number of nitrogens with zero attached hydrogens (tertiary/aromatic N) is 1. The second kappa shape index (κ2) is 7.18. The van der Waals surface area contributed by atoms with E-state index < -0.39 is 11.6 Å². The molecule has 110 valence electrons. The van der Waals surface area contributed by atoms with Gasteiger partial charge in [-0.2, -0.15) is 0 Å². The summed E-state index contributed by atoms with van der Waals surface area (Å²) in [4.78, 5) is 13.9. The maximum atomic E-state index is 13.2. The quantitative estimate of drug-likeness (QED) is 0.768. The van der Waals surface area contributed by atoms with Crippen LogP contribution in [0.3, 0.4) is 0 Å². The molecule has 0 aromatic heterocycles. The Bertz CT molecular complexity index is 619. The van der Waals surface area contributed by atoms with E-state index in [1.807, 2.05) is 30.3 Å². The van der Waals surface area contributed by atoms with Crippen LogP contribution < -0.4 is 0 Å². The molecule has 0 radical (unpaired) electrons. The minimum absolute atomic E-state index is 0.106. The van der Waals surface area contributed by atoms with Gasteiger partial charge in [0.15, 0.2) is 11.6 Å². The molecular weight excluding hydrogens is 296 g/mol. The lowest BCUT2D eigenvalue weighted by molar-refractivity contribution is 0.0753. The summed E-state index contributed by atoms with van der Waals surface area (Å²) < 4.78 is 26.2. The molecule has 0 saturated carbocycles. The monoisotopic (exact) mass is 309 g/mol. The first-order valence-electron chi connectivity index (χ1n) is 6.46. The maximum absolute atomic E-state index is 13.2. The van der Waals surface area contributed by atoms with Crippen LogP contribution in [0.2, 0.25) is 0 Å². The number of alkyl halides is 1. The molecule has 0 spiro atoms. The summed E-state index contributed by atoms with van der Waals surface area (Å²) in [6.07, 6.45) is 0. The molecule has 0 unspecified atom stereocenters. The van der Waals surface area contributed by atoms with E-state index in [-0.39, 0.29) is 17.4 Å². The normalized spacial score (nSPS) is 10.4. The van der Waals surface area contributed by atoms with Crippen molar-refractivity contribution in [1.29, 1.82) is 0 Å². The first kappa shape index (κ1) is 15.4. The molecule has 0 N–H and O–H groups in total. The molecule has 5 heteroatoms. The van der Waals surface area contributed by atoms with Crippen molar-refractivity contribution >= 4 is 17.5 Å². The summed E-state index contributed by atoms with van der Waals surface area (Å²) in [5, 5.41) is 0. The Morgan fingerprint density at radius 2 is 1.76 bits per heavy atom. The highest BCUT2D eigenvalue weighted by molar-refractivity contribution is 6.18. The average molecular weight is 310 g/mol. The third kappa shape index (κ3) is 4.02. The van der Waals surface area contributed by atoms with E-state index in [0.717, 1.165) is 17.7 Å². The molecule has 0 saturated heterocycles. The van der Waals surface area contributed by atoms with Gasteiger partial charge in [-0.3, -0.25) is 4.79 Å². The number of carbonyl (C=O) groups excluding carboxylic acids is 1. The fourth-order valence-electron chi connectivity index (χ4n) is 1.97. The minimum Gasteiger partial charge on any atom is -0.333 e. The van der Waals surface area contributed by atoms with Crippen molar-refractivity contribution in [3.63, 3.8) is 0 Å². The van der Waals surface area contributed by atoms with E-state index in [1.165, 1.54) is 11.0 Å². The van der Waals surface area contributed by atoms with E-state index >= 15 is 0 Å². The summed E-state index contributed by atoms with van der Waals surface area (Å²) in [6, 6.07) is 12.5. The van der Waals surface area contributed by atoms with Crippen molar-refractivity contribution in [3.8, 4) is 0 Å². The summed E-state index contributed by atoms with van der Waals surface area (Å²) in [7, 11) is 0. The van der Waals surface area contributed by atoms with Crippen LogP contribution in [0.1, 0.15) is 15.9 Å². The van der Waals surface area contributed by atoms with Gasteiger partial charge < -0.3 is 4.90 Å². The molecule has 0 heterocycles. The first-order chi connectivity index (χ1) is 10.1. The van der Waals surface area contributed by atoms with E-state index in [4.69, 9.17) is 11.6 Å². The molecular formula is C16H14ClF2NO. The standard InChI is InChI=1S/C16H14ClF2NO/c17-8-9-20(11-12-4-2-1-3-5-12)16(21)13-6-7-14(18)15(19)10-13/h1-7,10H,8-9,11H2. The fourth-order valence-corrected chi connectivity index (χ4v) is 2.17. The number of hydrogen-bond donors (Lipinski definition) is 0. The molecule has 0 aliphatic carbocycles. The summed E-state index contributed by atoms with van der Waals surface area (Å²) in [5.74, 6) is -2.12. The lowest BCUT2D eigenvalue weighted by Gasteiger charge is -2.22. The summed E-state index contributed by atoms with van der Waals surface area (Å²) in [6.45, 7) is 0.694. The Morgan fingerprint density at radius 1 is 1.05 bits per heavy atom. The van der Waals surface area contributed by atoms with Gasteiger partial charge in [-0.15, -0.1) is 11.6 Å². The molecule has 0 aliphatic rings.